The Morgan fingerprint density at radius 2 is 1.65 bits per heavy atom. The van der Waals surface area contributed by atoms with Gasteiger partial charge < -0.3 is 24.8 Å². The first-order valence-corrected chi connectivity index (χ1v) is 12.1. The van der Waals surface area contributed by atoms with E-state index in [-0.39, 0.29) is 61.3 Å². The first-order valence-electron chi connectivity index (χ1n) is 11.3. The zero-order valence-corrected chi connectivity index (χ0v) is 22.8. The van der Waals surface area contributed by atoms with E-state index in [0.29, 0.717) is 0 Å². The fourth-order valence-corrected chi connectivity index (χ4v) is 4.01. The number of likely N-dealkylation sites (tertiary alicyclic amines) is 1. The van der Waals surface area contributed by atoms with E-state index in [4.69, 9.17) is 33.0 Å². The van der Waals surface area contributed by atoms with Gasteiger partial charge in [-0.2, -0.15) is 22.3 Å². The Hall–Kier alpha value is -3.23. The highest BCUT2D eigenvalue weighted by Gasteiger charge is 2.32. The molecule has 0 aromatic heterocycles. The summed E-state index contributed by atoms with van der Waals surface area (Å²) in [6, 6.07) is 2.77. The minimum Gasteiger partial charge on any atom is -0.481 e. The molecule has 2 aromatic rings. The molecule has 0 spiro atoms. The first-order chi connectivity index (χ1) is 18.4. The fraction of sp³-hybridized carbons (Fsp3) is 0.333. The molecule has 16 heteroatoms. The third-order valence-corrected chi connectivity index (χ3v) is 6.55. The molecule has 0 radical (unpaired) electrons. The number of carbonyl (C=O) groups is 4. The number of amides is 2. The number of Topliss-reactive ketones (excluding diaryl/α,β-unsaturated/α-hetero) is 1. The van der Waals surface area contributed by atoms with Gasteiger partial charge in [-0.15, -0.1) is 0 Å². The molecule has 1 fully saturated rings. The van der Waals surface area contributed by atoms with E-state index < -0.39 is 77.8 Å². The maximum absolute atomic E-state index is 13.8. The Morgan fingerprint density at radius 1 is 1.05 bits per heavy atom. The average molecular weight is 629 g/mol. The van der Waals surface area contributed by atoms with Gasteiger partial charge in [0.25, 0.3) is 0 Å². The number of rotatable bonds is 9. The minimum absolute atomic E-state index is 0. The number of carboxylic acid groups (broad SMARTS) is 1. The van der Waals surface area contributed by atoms with Crippen molar-refractivity contribution in [1.82, 2.24) is 10.2 Å². The van der Waals surface area contributed by atoms with Crippen LogP contribution in [0.4, 0.5) is 22.4 Å². The number of ether oxygens (including phenoxy) is 2. The predicted octanol–water partition coefficient (Wildman–Crippen LogP) is 4.48. The Kier molecular flexibility index (Phi) is 11.9. The van der Waals surface area contributed by atoms with Gasteiger partial charge in [0.15, 0.2) is 28.9 Å². The van der Waals surface area contributed by atoms with Crippen molar-refractivity contribution in [3.8, 4) is 11.5 Å². The van der Waals surface area contributed by atoms with Crippen molar-refractivity contribution >= 4 is 60.5 Å². The number of hydrogen-bond acceptors (Lipinski definition) is 6. The maximum Gasteiger partial charge on any atom is 0.415 e. The molecule has 3 rings (SSSR count). The summed E-state index contributed by atoms with van der Waals surface area (Å²) >= 11 is 11.9. The number of piperidine rings is 1. The Balaban J connectivity index is 0.00000560. The van der Waals surface area contributed by atoms with Gasteiger partial charge in [0, 0.05) is 25.1 Å². The Labute approximate surface area is 241 Å². The number of carbonyl (C=O) groups excluding carboxylic acids is 3. The molecule has 2 amide bonds. The van der Waals surface area contributed by atoms with Crippen molar-refractivity contribution in [2.45, 2.75) is 25.3 Å². The fourth-order valence-electron chi connectivity index (χ4n) is 3.68. The summed E-state index contributed by atoms with van der Waals surface area (Å²) in [5.74, 6) is -12.8. The van der Waals surface area contributed by atoms with E-state index >= 15 is 0 Å². The topological polar surface area (TPSA) is 122 Å². The van der Waals surface area contributed by atoms with Gasteiger partial charge >= 0.3 is 12.1 Å². The lowest BCUT2D eigenvalue weighted by atomic mass is 9.95. The van der Waals surface area contributed by atoms with E-state index in [2.05, 4.69) is 10.1 Å². The van der Waals surface area contributed by atoms with Gasteiger partial charge in [-0.1, -0.05) is 29.3 Å². The summed E-state index contributed by atoms with van der Waals surface area (Å²) < 4.78 is 64.1. The molecule has 1 atom stereocenters. The number of aliphatic carboxylic acids is 1. The van der Waals surface area contributed by atoms with E-state index in [0.717, 1.165) is 0 Å². The van der Waals surface area contributed by atoms with E-state index in [1.54, 1.807) is 0 Å². The highest BCUT2D eigenvalue weighted by molar-refractivity contribution is 7.59. The first kappa shape index (κ1) is 33.0. The van der Waals surface area contributed by atoms with Crippen LogP contribution in [0.5, 0.6) is 11.5 Å². The number of benzene rings is 2. The third kappa shape index (κ3) is 8.15. The molecule has 0 saturated carbocycles. The van der Waals surface area contributed by atoms with Gasteiger partial charge in [0.2, 0.25) is 17.5 Å². The number of halogens is 6. The quantitative estimate of drug-likeness (QED) is 0.310. The van der Waals surface area contributed by atoms with Gasteiger partial charge in [-0.3, -0.25) is 14.4 Å². The number of hydrogen-bond donors (Lipinski definition) is 2. The number of nitrogens with zero attached hydrogens (tertiary/aromatic N) is 1. The predicted molar refractivity (Wildman–Crippen MR) is 138 cm³/mol. The normalized spacial score (nSPS) is 14.1. The van der Waals surface area contributed by atoms with Gasteiger partial charge in [-0.25, -0.2) is 13.6 Å². The van der Waals surface area contributed by atoms with E-state index in [1.807, 2.05) is 0 Å². The number of carboxylic acids is 1. The summed E-state index contributed by atoms with van der Waals surface area (Å²) in [7, 11) is 0. The van der Waals surface area contributed by atoms with Crippen molar-refractivity contribution in [2.75, 3.05) is 19.7 Å². The van der Waals surface area contributed by atoms with Gasteiger partial charge in [-0.05, 0) is 25.0 Å². The Morgan fingerprint density at radius 3 is 2.23 bits per heavy atom. The standard InChI is InChI=1S/C24H20Cl2F4N2O7.H2S/c25-12-2-1-3-17(19(12)26)39-24(37)32-6-4-11(5-7-32)23(36)31-15(9-18(34)35)16(33)10-38-22-20(29)13(27)8-14(28)21(22)30;/h1-3,8,11,15H,4-7,9-10H2,(H,31,36)(H,34,35);1H2/t15-;/m0./s1. The second kappa shape index (κ2) is 14.4. The van der Waals surface area contributed by atoms with Crippen molar-refractivity contribution in [1.29, 1.82) is 0 Å². The lowest BCUT2D eigenvalue weighted by Crippen LogP contribution is -2.49. The summed E-state index contributed by atoms with van der Waals surface area (Å²) in [5.41, 5.74) is 0. The number of nitrogens with one attached hydrogen (secondary N) is 1. The number of ketones is 1. The molecular formula is C24H22Cl2F4N2O7S. The molecule has 2 aromatic carbocycles. The van der Waals surface area contributed by atoms with Crippen LogP contribution in [0.25, 0.3) is 0 Å². The van der Waals surface area contributed by atoms with E-state index in [9.17, 15) is 36.7 Å². The lowest BCUT2D eigenvalue weighted by Gasteiger charge is -2.31. The largest absolute Gasteiger partial charge is 0.481 e. The molecule has 0 unspecified atom stereocenters. The van der Waals surface area contributed by atoms with Crippen molar-refractivity contribution in [2.24, 2.45) is 5.92 Å². The SMILES string of the molecule is O=C(O)C[C@H](NC(=O)C1CCN(C(=O)Oc2cccc(Cl)c2Cl)CC1)C(=O)COc1c(F)c(F)cc(F)c1F.S. The molecule has 1 aliphatic heterocycles. The van der Waals surface area contributed by atoms with Crippen LogP contribution < -0.4 is 14.8 Å². The molecular weight excluding hydrogens is 607 g/mol. The third-order valence-electron chi connectivity index (χ3n) is 5.75. The smallest absolute Gasteiger partial charge is 0.415 e. The zero-order chi connectivity index (χ0) is 28.9. The van der Waals surface area contributed by atoms with Crippen LogP contribution in [0.15, 0.2) is 24.3 Å². The van der Waals surface area contributed by atoms with Crippen molar-refractivity contribution in [3.63, 3.8) is 0 Å². The van der Waals surface area contributed by atoms with Crippen molar-refractivity contribution in [3.05, 3.63) is 57.6 Å². The molecule has 40 heavy (non-hydrogen) atoms. The van der Waals surface area contributed by atoms with Crippen LogP contribution in [0.3, 0.4) is 0 Å². The monoisotopic (exact) mass is 628 g/mol. The molecule has 2 N–H and O–H groups in total. The summed E-state index contributed by atoms with van der Waals surface area (Å²) in [6.07, 6.45) is -1.37. The molecule has 218 valence electrons. The zero-order valence-electron chi connectivity index (χ0n) is 20.3. The van der Waals surface area contributed by atoms with Crippen molar-refractivity contribution < 1.29 is 51.3 Å². The van der Waals surface area contributed by atoms with Gasteiger partial charge in [0.1, 0.15) is 17.7 Å². The highest BCUT2D eigenvalue weighted by Crippen LogP contribution is 2.32. The lowest BCUT2D eigenvalue weighted by molar-refractivity contribution is -0.141. The van der Waals surface area contributed by atoms with Crippen LogP contribution in [-0.4, -0.2) is 59.5 Å². The van der Waals surface area contributed by atoms with Crippen LogP contribution in [0, 0.1) is 29.2 Å². The summed E-state index contributed by atoms with van der Waals surface area (Å²) in [4.78, 5) is 50.2. The second-order valence-electron chi connectivity index (χ2n) is 8.39. The van der Waals surface area contributed by atoms with Crippen LogP contribution >= 0.6 is 36.7 Å². The molecule has 1 heterocycles. The maximum atomic E-state index is 13.8. The van der Waals surface area contributed by atoms with E-state index in [1.165, 1.54) is 23.1 Å². The molecule has 1 saturated heterocycles. The molecule has 0 bridgehead atoms. The van der Waals surface area contributed by atoms with Crippen LogP contribution in [0.2, 0.25) is 10.0 Å². The molecule has 9 nitrogen and oxygen atoms in total. The second-order valence-corrected chi connectivity index (χ2v) is 9.18. The van der Waals surface area contributed by atoms with Crippen LogP contribution in [0.1, 0.15) is 19.3 Å². The average Bonchev–Trinajstić information content (AvgIpc) is 2.89. The summed E-state index contributed by atoms with van der Waals surface area (Å²) in [6.45, 7) is -1.02. The van der Waals surface area contributed by atoms with Crippen LogP contribution in [-0.2, 0) is 14.4 Å². The summed E-state index contributed by atoms with van der Waals surface area (Å²) in [5, 5.41) is 11.6. The molecule has 1 aliphatic rings. The molecule has 0 aliphatic carbocycles. The highest BCUT2D eigenvalue weighted by atomic mass is 35.5. The minimum atomic E-state index is -1.89. The van der Waals surface area contributed by atoms with Gasteiger partial charge in [0.05, 0.1) is 11.4 Å². The Bertz CT molecular complexity index is 1270.